The molecule has 3 N–H and O–H groups in total. The number of hydrogen-bond acceptors (Lipinski definition) is 4. The Morgan fingerprint density at radius 3 is 2.11 bits per heavy atom. The van der Waals surface area contributed by atoms with Gasteiger partial charge in [-0.2, -0.15) is 0 Å². The molecule has 1 unspecified atom stereocenters. The molecule has 0 radical (unpaired) electrons. The number of carboxylic acids is 2. The first-order valence-electron chi connectivity index (χ1n) is 5.63. The molecular weight excluding hydrogens is 240 g/mol. The van der Waals surface area contributed by atoms with Crippen LogP contribution in [0, 0.1) is 5.92 Å². The van der Waals surface area contributed by atoms with Crippen molar-refractivity contribution in [3.8, 4) is 0 Å². The molecule has 0 saturated heterocycles. The van der Waals surface area contributed by atoms with E-state index < -0.39 is 24.6 Å². The molecule has 0 aliphatic heterocycles. The van der Waals surface area contributed by atoms with E-state index in [4.69, 9.17) is 24.9 Å². The molecule has 18 heavy (non-hydrogen) atoms. The van der Waals surface area contributed by atoms with Crippen LogP contribution in [0.15, 0.2) is 12.7 Å². The first-order chi connectivity index (χ1) is 8.34. The molecule has 0 bridgehead atoms. The van der Waals surface area contributed by atoms with Gasteiger partial charge in [0.1, 0.15) is 6.61 Å². The van der Waals surface area contributed by atoms with Gasteiger partial charge >= 0.3 is 11.9 Å². The number of hydrogen-bond donors (Lipinski definition) is 3. The summed E-state index contributed by atoms with van der Waals surface area (Å²) in [5, 5.41) is 23.7. The van der Waals surface area contributed by atoms with E-state index in [0.29, 0.717) is 18.9 Å². The summed E-state index contributed by atoms with van der Waals surface area (Å²) in [5.41, 5.74) is 0. The molecule has 6 nitrogen and oxygen atoms in total. The number of carbonyl (C=O) groups is 2. The van der Waals surface area contributed by atoms with Gasteiger partial charge in [-0.05, 0) is 12.3 Å². The van der Waals surface area contributed by atoms with Crippen LogP contribution >= 0.6 is 0 Å². The summed E-state index contributed by atoms with van der Waals surface area (Å²) >= 11 is 0. The summed E-state index contributed by atoms with van der Waals surface area (Å²) in [6.07, 6.45) is 2.10. The molecule has 0 aliphatic carbocycles. The summed E-state index contributed by atoms with van der Waals surface area (Å²) in [4.78, 5) is 19.7. The maximum atomic E-state index is 10.6. The van der Waals surface area contributed by atoms with Gasteiger partial charge in [-0.3, -0.25) is 0 Å². The van der Waals surface area contributed by atoms with Crippen molar-refractivity contribution in [2.24, 2.45) is 5.92 Å². The van der Waals surface area contributed by atoms with Crippen molar-refractivity contribution in [1.82, 2.24) is 0 Å². The number of aliphatic carboxylic acids is 2. The van der Waals surface area contributed by atoms with Crippen LogP contribution in [-0.2, 0) is 14.3 Å². The van der Waals surface area contributed by atoms with E-state index >= 15 is 0 Å². The molecule has 0 saturated carbocycles. The van der Waals surface area contributed by atoms with E-state index in [1.807, 2.05) is 0 Å². The zero-order chi connectivity index (χ0) is 14.6. The number of aliphatic hydroxyl groups excluding tert-OH is 1. The Bertz CT molecular complexity index is 249. The third kappa shape index (κ3) is 14.6. The van der Waals surface area contributed by atoms with Crippen molar-refractivity contribution >= 4 is 11.9 Å². The normalized spacial score (nSPS) is 11.3. The largest absolute Gasteiger partial charge is 0.480 e. The fourth-order valence-electron chi connectivity index (χ4n) is 0.838. The fraction of sp³-hybridized carbons (Fsp3) is 0.667. The van der Waals surface area contributed by atoms with Crippen LogP contribution in [0.1, 0.15) is 26.7 Å². The highest BCUT2D eigenvalue weighted by molar-refractivity contribution is 5.72. The summed E-state index contributed by atoms with van der Waals surface area (Å²) < 4.78 is 5.18. The first-order valence-corrected chi connectivity index (χ1v) is 5.63. The Balaban J connectivity index is 0. The molecule has 0 fully saturated rings. The van der Waals surface area contributed by atoms with Gasteiger partial charge in [0.25, 0.3) is 0 Å². The average molecular weight is 262 g/mol. The lowest BCUT2D eigenvalue weighted by Crippen LogP contribution is -2.24. The lowest BCUT2D eigenvalue weighted by Gasteiger charge is -2.12. The standard InChI is InChI=1S/C10H18O3.C2H4O3/c1-4-5-9(10(11)12)13-7-6-8(2)3;3-1-2(4)5/h4,8-9H,1,5-7H2,2-3H3,(H,11,12);3H,1H2,(H,4,5). The molecule has 0 aromatic rings. The minimum atomic E-state index is -1.19. The van der Waals surface area contributed by atoms with Crippen molar-refractivity contribution in [1.29, 1.82) is 0 Å². The minimum Gasteiger partial charge on any atom is -0.480 e. The SMILES string of the molecule is C=CCC(OCCC(C)C)C(=O)O.O=C(O)CO. The van der Waals surface area contributed by atoms with Crippen molar-refractivity contribution in [2.75, 3.05) is 13.2 Å². The third-order valence-corrected chi connectivity index (χ3v) is 1.81. The van der Waals surface area contributed by atoms with Crippen LogP contribution in [0.4, 0.5) is 0 Å². The summed E-state index contributed by atoms with van der Waals surface area (Å²) in [6, 6.07) is 0. The van der Waals surface area contributed by atoms with Gasteiger partial charge in [-0.25, -0.2) is 9.59 Å². The highest BCUT2D eigenvalue weighted by Crippen LogP contribution is 2.04. The molecule has 106 valence electrons. The Hall–Kier alpha value is -1.40. The predicted molar refractivity (Wildman–Crippen MR) is 66.4 cm³/mol. The van der Waals surface area contributed by atoms with Crippen LogP contribution in [0.3, 0.4) is 0 Å². The van der Waals surface area contributed by atoms with Crippen molar-refractivity contribution in [3.05, 3.63) is 12.7 Å². The molecule has 1 atom stereocenters. The second-order valence-electron chi connectivity index (χ2n) is 3.96. The van der Waals surface area contributed by atoms with Crippen molar-refractivity contribution in [3.63, 3.8) is 0 Å². The van der Waals surface area contributed by atoms with Crippen LogP contribution in [0.25, 0.3) is 0 Å². The number of carboxylic acid groups (broad SMARTS) is 2. The number of ether oxygens (including phenoxy) is 1. The van der Waals surface area contributed by atoms with E-state index in [1.54, 1.807) is 6.08 Å². The molecule has 0 spiro atoms. The van der Waals surface area contributed by atoms with Gasteiger partial charge in [0.2, 0.25) is 0 Å². The second kappa shape index (κ2) is 12.1. The van der Waals surface area contributed by atoms with E-state index in [9.17, 15) is 4.79 Å². The van der Waals surface area contributed by atoms with Crippen LogP contribution in [0.2, 0.25) is 0 Å². The van der Waals surface area contributed by atoms with Gasteiger partial charge in [-0.1, -0.05) is 19.9 Å². The van der Waals surface area contributed by atoms with Crippen molar-refractivity contribution < 1.29 is 29.6 Å². The monoisotopic (exact) mass is 262 g/mol. The number of rotatable bonds is 8. The summed E-state index contributed by atoms with van der Waals surface area (Å²) in [7, 11) is 0. The Labute approximate surface area is 107 Å². The zero-order valence-electron chi connectivity index (χ0n) is 10.8. The molecule has 0 heterocycles. The molecular formula is C12H22O6. The van der Waals surface area contributed by atoms with Gasteiger partial charge in [0, 0.05) is 13.0 Å². The minimum absolute atomic E-state index is 0.368. The second-order valence-corrected chi connectivity index (χ2v) is 3.96. The quantitative estimate of drug-likeness (QED) is 0.567. The number of aliphatic hydroxyl groups is 1. The maximum absolute atomic E-state index is 10.6. The molecule has 0 aromatic heterocycles. The highest BCUT2D eigenvalue weighted by Gasteiger charge is 2.15. The first kappa shape index (κ1) is 19.0. The molecule has 6 heteroatoms. The molecule has 0 amide bonds. The van der Waals surface area contributed by atoms with Gasteiger partial charge in [0.15, 0.2) is 6.10 Å². The van der Waals surface area contributed by atoms with Crippen LogP contribution in [-0.4, -0.2) is 46.6 Å². The average Bonchev–Trinajstić information content (AvgIpc) is 2.28. The Morgan fingerprint density at radius 1 is 1.33 bits per heavy atom. The third-order valence-electron chi connectivity index (χ3n) is 1.81. The van der Waals surface area contributed by atoms with E-state index in [-0.39, 0.29) is 0 Å². The molecule has 0 aliphatic rings. The lowest BCUT2D eigenvalue weighted by atomic mass is 10.1. The summed E-state index contributed by atoms with van der Waals surface area (Å²) in [6.45, 7) is 7.36. The van der Waals surface area contributed by atoms with Crippen molar-refractivity contribution in [2.45, 2.75) is 32.8 Å². The van der Waals surface area contributed by atoms with Gasteiger partial charge in [0.05, 0.1) is 0 Å². The van der Waals surface area contributed by atoms with Crippen LogP contribution < -0.4 is 0 Å². The van der Waals surface area contributed by atoms with Gasteiger partial charge < -0.3 is 20.1 Å². The maximum Gasteiger partial charge on any atom is 0.333 e. The van der Waals surface area contributed by atoms with E-state index in [1.165, 1.54) is 0 Å². The molecule has 0 rings (SSSR count). The lowest BCUT2D eigenvalue weighted by molar-refractivity contribution is -0.150. The highest BCUT2D eigenvalue weighted by atomic mass is 16.5. The van der Waals surface area contributed by atoms with E-state index in [2.05, 4.69) is 20.4 Å². The Kier molecular flexibility index (Phi) is 12.7. The topological polar surface area (TPSA) is 104 Å². The molecule has 0 aromatic carbocycles. The smallest absolute Gasteiger partial charge is 0.333 e. The fourth-order valence-corrected chi connectivity index (χ4v) is 0.838. The van der Waals surface area contributed by atoms with E-state index in [0.717, 1.165) is 6.42 Å². The predicted octanol–water partition coefficient (Wildman–Crippen LogP) is 1.14. The summed E-state index contributed by atoms with van der Waals surface area (Å²) in [5.74, 6) is -1.56. The van der Waals surface area contributed by atoms with Gasteiger partial charge in [-0.15, -0.1) is 6.58 Å². The zero-order valence-corrected chi connectivity index (χ0v) is 10.8. The van der Waals surface area contributed by atoms with Crippen LogP contribution in [0.5, 0.6) is 0 Å². The Morgan fingerprint density at radius 2 is 1.83 bits per heavy atom.